The van der Waals surface area contributed by atoms with Crippen LogP contribution in [0.25, 0.3) is 44.8 Å². The van der Waals surface area contributed by atoms with Crippen molar-refractivity contribution in [3.8, 4) is 28.5 Å². The quantitative estimate of drug-likeness (QED) is 0.104. The number of urea groups is 1. The molecule has 0 unspecified atom stereocenters. The topological polar surface area (TPSA) is 160 Å². The average Bonchev–Trinajstić information content (AvgIpc) is 4.04. The van der Waals surface area contributed by atoms with Gasteiger partial charge in [0.15, 0.2) is 22.6 Å². The van der Waals surface area contributed by atoms with E-state index in [0.717, 1.165) is 55.9 Å². The van der Waals surface area contributed by atoms with Gasteiger partial charge in [-0.2, -0.15) is 32.9 Å². The van der Waals surface area contributed by atoms with Crippen LogP contribution in [0.4, 0.5) is 27.7 Å². The summed E-state index contributed by atoms with van der Waals surface area (Å²) in [6.45, 7) is 2.61. The molecule has 278 valence electrons. The molecule has 4 N–H and O–H groups in total. The molecule has 0 aliphatic rings. The summed E-state index contributed by atoms with van der Waals surface area (Å²) < 4.78 is 7.00. The van der Waals surface area contributed by atoms with Crippen LogP contribution < -0.4 is 20.7 Å². The molecule has 9 rings (SSSR count). The van der Waals surface area contributed by atoms with Crippen molar-refractivity contribution in [3.05, 3.63) is 135 Å². The van der Waals surface area contributed by atoms with Crippen LogP contribution in [0.5, 0.6) is 5.75 Å². The number of ether oxygens (including phenoxy) is 1. The minimum absolute atomic E-state index is 0.299. The van der Waals surface area contributed by atoms with E-state index >= 15 is 0 Å². The minimum Gasteiger partial charge on any atom is -0.497 e. The molecule has 9 aromatic rings. The number of thiophene rings is 2. The number of nitrogens with one attached hydrogen (secondary N) is 4. The van der Waals surface area contributed by atoms with Crippen LogP contribution in [-0.4, -0.2) is 53.1 Å². The Labute approximate surface area is 333 Å². The number of rotatable bonds is 9. The lowest BCUT2D eigenvalue weighted by atomic mass is 10.2. The molecule has 0 atom stereocenters. The molecule has 0 aliphatic heterocycles. The summed E-state index contributed by atoms with van der Waals surface area (Å²) >= 11 is 9.49. The summed E-state index contributed by atoms with van der Waals surface area (Å²) in [5, 5.41) is 28.9. The number of methoxy groups -OCH3 is 1. The largest absolute Gasteiger partial charge is 0.497 e. The van der Waals surface area contributed by atoms with Crippen molar-refractivity contribution in [2.45, 2.75) is 13.5 Å². The first kappa shape index (κ1) is 36.3. The van der Waals surface area contributed by atoms with E-state index in [4.69, 9.17) is 16.3 Å². The second-order valence-corrected chi connectivity index (χ2v) is 14.4. The number of benzene rings is 3. The van der Waals surface area contributed by atoms with Gasteiger partial charge in [0.2, 0.25) is 0 Å². The maximum Gasteiger partial charge on any atom is 0.323 e. The van der Waals surface area contributed by atoms with Crippen LogP contribution in [0.15, 0.2) is 119 Å². The zero-order valence-corrected chi connectivity index (χ0v) is 32.3. The fourth-order valence-electron chi connectivity index (χ4n) is 5.69. The average molecular weight is 798 g/mol. The van der Waals surface area contributed by atoms with Crippen molar-refractivity contribution in [2.24, 2.45) is 0 Å². The molecule has 0 saturated carbocycles. The van der Waals surface area contributed by atoms with Gasteiger partial charge in [0.1, 0.15) is 27.8 Å². The van der Waals surface area contributed by atoms with Crippen molar-refractivity contribution >= 4 is 85.3 Å². The van der Waals surface area contributed by atoms with E-state index in [1.54, 1.807) is 36.0 Å². The van der Waals surface area contributed by atoms with Crippen molar-refractivity contribution < 1.29 is 9.53 Å². The highest BCUT2D eigenvalue weighted by Crippen LogP contribution is 2.28. The van der Waals surface area contributed by atoms with Crippen molar-refractivity contribution in [1.29, 1.82) is 0 Å². The minimum atomic E-state index is -0.299. The Bertz CT molecular complexity index is 2730. The van der Waals surface area contributed by atoms with E-state index in [9.17, 15) is 4.79 Å². The fourth-order valence-corrected chi connectivity index (χ4v) is 7.17. The normalized spacial score (nSPS) is 10.9. The first-order valence-electron chi connectivity index (χ1n) is 17.2. The fraction of sp³-hybridized carbons (Fsp3) is 0.0750. The third kappa shape index (κ3) is 8.50. The highest BCUT2D eigenvalue weighted by molar-refractivity contribution is 7.08. The van der Waals surface area contributed by atoms with Crippen LogP contribution >= 0.6 is 34.3 Å². The summed E-state index contributed by atoms with van der Waals surface area (Å²) in [5.41, 5.74) is 9.17. The third-order valence-electron chi connectivity index (χ3n) is 8.41. The van der Waals surface area contributed by atoms with E-state index in [-0.39, 0.29) is 6.03 Å². The zero-order valence-electron chi connectivity index (χ0n) is 29.9. The highest BCUT2D eigenvalue weighted by atomic mass is 35.5. The van der Waals surface area contributed by atoms with Crippen LogP contribution in [0, 0.1) is 6.92 Å². The number of aromatic amines is 1. The smallest absolute Gasteiger partial charge is 0.323 e. The van der Waals surface area contributed by atoms with E-state index in [2.05, 4.69) is 51.2 Å². The number of amides is 2. The summed E-state index contributed by atoms with van der Waals surface area (Å²) in [6, 6.07) is 26.6. The van der Waals surface area contributed by atoms with E-state index in [1.807, 2.05) is 124 Å². The van der Waals surface area contributed by atoms with E-state index in [1.165, 1.54) is 0 Å². The number of H-pyrrole nitrogens is 1. The summed E-state index contributed by atoms with van der Waals surface area (Å²) in [6.07, 6.45) is 3.57. The molecule has 0 radical (unpaired) electrons. The molecule has 3 aromatic carbocycles. The number of halogens is 1. The van der Waals surface area contributed by atoms with Gasteiger partial charge >= 0.3 is 6.03 Å². The van der Waals surface area contributed by atoms with Gasteiger partial charge in [-0.3, -0.25) is 9.78 Å². The lowest BCUT2D eigenvalue weighted by Gasteiger charge is -2.11. The molecule has 0 spiro atoms. The van der Waals surface area contributed by atoms with Crippen LogP contribution in [0.1, 0.15) is 11.1 Å². The van der Waals surface area contributed by atoms with Gasteiger partial charge < -0.3 is 20.7 Å². The van der Waals surface area contributed by atoms with Crippen LogP contribution in [0.3, 0.4) is 0 Å². The number of carbonyl (C=O) groups excluding carboxylic acids is 1. The molecule has 6 heterocycles. The van der Waals surface area contributed by atoms with Crippen LogP contribution in [0.2, 0.25) is 5.15 Å². The lowest BCUT2D eigenvalue weighted by Crippen LogP contribution is -2.19. The van der Waals surface area contributed by atoms with Gasteiger partial charge in [-0.15, -0.1) is 0 Å². The molecular weight excluding hydrogens is 766 g/mol. The van der Waals surface area contributed by atoms with Gasteiger partial charge in [0.25, 0.3) is 0 Å². The summed E-state index contributed by atoms with van der Waals surface area (Å²) in [5.74, 6) is 2.72. The highest BCUT2D eigenvalue weighted by Gasteiger charge is 2.14. The Kier molecular flexibility index (Phi) is 10.6. The Morgan fingerprint density at radius 2 is 1.52 bits per heavy atom. The second-order valence-electron chi connectivity index (χ2n) is 12.4. The van der Waals surface area contributed by atoms with Crippen molar-refractivity contribution in [1.82, 2.24) is 39.9 Å². The monoisotopic (exact) mass is 797 g/mol. The maximum absolute atomic E-state index is 12.3. The number of hydrogen-bond acceptors (Lipinski definition) is 11. The molecule has 13 nitrogen and oxygen atoms in total. The second kappa shape index (κ2) is 16.4. The van der Waals surface area contributed by atoms with Crippen molar-refractivity contribution in [3.63, 3.8) is 0 Å². The molecule has 0 bridgehead atoms. The molecule has 16 heteroatoms. The Hall–Kier alpha value is -6.68. The van der Waals surface area contributed by atoms with E-state index in [0.29, 0.717) is 40.4 Å². The lowest BCUT2D eigenvalue weighted by molar-refractivity contribution is 0.262. The first-order chi connectivity index (χ1) is 27.4. The number of anilines is 4. The van der Waals surface area contributed by atoms with E-state index < -0.39 is 0 Å². The predicted molar refractivity (Wildman–Crippen MR) is 224 cm³/mol. The Balaban J connectivity index is 0.000000164. The summed E-state index contributed by atoms with van der Waals surface area (Å²) in [7, 11) is 1.65. The van der Waals surface area contributed by atoms with Gasteiger partial charge in [0, 0.05) is 38.9 Å². The molecule has 2 amide bonds. The SMILES string of the molecule is COc1ccc(Cn2cc3nc(-c4ccsc4)nc(Cl)c3n2)cc1.Cc1cccc(NC(=O)Nc2ccc(Nc3nc(-c4ccsc4)nc4cn[nH]c34)cc2)c1. The van der Waals surface area contributed by atoms with Crippen LogP contribution in [-0.2, 0) is 6.54 Å². The number of nitrogens with zero attached hydrogens (tertiary/aromatic N) is 7. The molecule has 0 aliphatic carbocycles. The Morgan fingerprint density at radius 3 is 2.21 bits per heavy atom. The van der Waals surface area contributed by atoms with Gasteiger partial charge in [-0.25, -0.2) is 24.7 Å². The maximum atomic E-state index is 12.3. The van der Waals surface area contributed by atoms with Gasteiger partial charge in [0.05, 0.1) is 26.0 Å². The molecular formula is C40H32ClN11O2S2. The molecule has 6 aromatic heterocycles. The number of aryl methyl sites for hydroxylation is 1. The molecule has 56 heavy (non-hydrogen) atoms. The number of hydrogen-bond donors (Lipinski definition) is 4. The summed E-state index contributed by atoms with van der Waals surface area (Å²) in [4.78, 5) is 30.4. The standard InChI is InChI=1S/C23H19N7OS.C17H13ClN4OS/c1-14-3-2-4-18(11-14)27-23(31)26-17-7-5-16(6-8-17)25-22-20-19(12-24-30-20)28-21(29-22)15-9-10-32-13-15;1-23-13-4-2-11(3-5-13)8-22-9-14-15(21-22)16(18)20-17(19-14)12-6-7-24-10-12/h2-13H,1H3,(H,24,30)(H,25,28,29)(H2,26,27,31);2-7,9-10H,8H2,1H3. The predicted octanol–water partition coefficient (Wildman–Crippen LogP) is 10.0. The number of aromatic nitrogens is 8. The van der Waals surface area contributed by atoms with Gasteiger partial charge in [-0.1, -0.05) is 35.9 Å². The molecule has 0 fully saturated rings. The molecule has 0 saturated heterocycles. The van der Waals surface area contributed by atoms with Gasteiger partial charge in [-0.05, 0) is 89.5 Å². The number of fused-ring (bicyclic) bond motifs is 2. The first-order valence-corrected chi connectivity index (χ1v) is 19.4. The number of carbonyl (C=O) groups is 1. The van der Waals surface area contributed by atoms with Crippen molar-refractivity contribution in [2.75, 3.05) is 23.1 Å². The zero-order chi connectivity index (χ0) is 38.4. The Morgan fingerprint density at radius 1 is 0.821 bits per heavy atom. The third-order valence-corrected chi connectivity index (χ3v) is 10.0.